The van der Waals surface area contributed by atoms with E-state index in [9.17, 15) is 22.8 Å². The molecule has 0 spiro atoms. The first kappa shape index (κ1) is 24.7. The van der Waals surface area contributed by atoms with Gasteiger partial charge in [0.1, 0.15) is 17.2 Å². The number of anilines is 1. The molecular weight excluding hydrogens is 481 g/mol. The third-order valence-corrected chi connectivity index (χ3v) is 6.90. The van der Waals surface area contributed by atoms with Gasteiger partial charge < -0.3 is 20.1 Å². The third-order valence-electron chi connectivity index (χ3n) is 5.74. The fraction of sp³-hybridized carbons (Fsp3) is 0.280. The van der Waals surface area contributed by atoms with E-state index in [1.165, 1.54) is 13.1 Å². The molecule has 2 N–H and O–H groups in total. The Kier molecular flexibility index (Phi) is 7.13. The molecule has 1 atom stereocenters. The van der Waals surface area contributed by atoms with Gasteiger partial charge in [0, 0.05) is 22.7 Å². The van der Waals surface area contributed by atoms with Crippen molar-refractivity contribution in [1.82, 2.24) is 5.32 Å². The summed E-state index contributed by atoms with van der Waals surface area (Å²) in [6, 6.07) is 14.2. The van der Waals surface area contributed by atoms with Crippen LogP contribution in [0.5, 0.6) is 5.75 Å². The first-order valence-corrected chi connectivity index (χ1v) is 11.7. The Labute approximate surface area is 204 Å². The molecule has 1 unspecified atom stereocenters. The summed E-state index contributed by atoms with van der Waals surface area (Å²) in [7, 11) is 1.54. The largest absolute Gasteiger partial charge is 0.488 e. The van der Waals surface area contributed by atoms with Crippen LogP contribution < -0.4 is 15.0 Å². The molecule has 0 saturated carbocycles. The molecule has 3 aromatic rings. The average Bonchev–Trinajstić information content (AvgIpc) is 3.45. The summed E-state index contributed by atoms with van der Waals surface area (Å²) >= 11 is 0.663. The number of hydrogen-bond donors (Lipinski definition) is 2. The second kappa shape index (κ2) is 10.1. The molecule has 6 nitrogen and oxygen atoms in total. The Bertz CT molecular complexity index is 1230. The lowest BCUT2D eigenvalue weighted by Crippen LogP contribution is -2.45. The van der Waals surface area contributed by atoms with Crippen LogP contribution >= 0.6 is 11.3 Å². The molecule has 2 heterocycles. The number of halogens is 3. The molecule has 0 saturated heterocycles. The van der Waals surface area contributed by atoms with E-state index < -0.39 is 23.1 Å². The summed E-state index contributed by atoms with van der Waals surface area (Å²) in [6.07, 6.45) is -4.23. The summed E-state index contributed by atoms with van der Waals surface area (Å²) < 4.78 is 46.6. The highest BCUT2D eigenvalue weighted by Crippen LogP contribution is 2.43. The van der Waals surface area contributed by atoms with Crippen molar-refractivity contribution in [3.63, 3.8) is 0 Å². The zero-order chi connectivity index (χ0) is 25.2. The number of thiophene rings is 1. The summed E-state index contributed by atoms with van der Waals surface area (Å²) in [6.45, 7) is 0.387. The number of ether oxygens (including phenoxy) is 1. The van der Waals surface area contributed by atoms with Crippen molar-refractivity contribution in [3.05, 3.63) is 69.9 Å². The van der Waals surface area contributed by atoms with Gasteiger partial charge in [-0.2, -0.15) is 13.2 Å². The first-order chi connectivity index (χ1) is 16.7. The van der Waals surface area contributed by atoms with Crippen molar-refractivity contribution in [3.8, 4) is 16.9 Å². The van der Waals surface area contributed by atoms with E-state index in [0.29, 0.717) is 46.2 Å². The first-order valence-electron chi connectivity index (χ1n) is 10.9. The van der Waals surface area contributed by atoms with E-state index >= 15 is 0 Å². The van der Waals surface area contributed by atoms with Gasteiger partial charge in [0.2, 0.25) is 5.91 Å². The Morgan fingerprint density at radius 1 is 1.17 bits per heavy atom. The van der Waals surface area contributed by atoms with Crippen molar-refractivity contribution in [2.45, 2.75) is 31.7 Å². The minimum Gasteiger partial charge on any atom is -0.488 e. The Morgan fingerprint density at radius 3 is 2.57 bits per heavy atom. The number of aliphatic carboxylic acids is 1. The van der Waals surface area contributed by atoms with Gasteiger partial charge in [0.15, 0.2) is 0 Å². The van der Waals surface area contributed by atoms with E-state index in [-0.39, 0.29) is 24.5 Å². The SMILES string of the molecule is CNC(CC(=O)O)C(=O)N1CCc2cc(OCc3cc(-c4ccccc4)c(C(F)(F)F)s3)ccc21. The lowest BCUT2D eigenvalue weighted by molar-refractivity contribution is -0.139. The Hall–Kier alpha value is -3.37. The highest BCUT2D eigenvalue weighted by Gasteiger charge is 2.36. The maximum Gasteiger partial charge on any atom is 0.426 e. The maximum atomic E-state index is 13.6. The molecule has 1 aliphatic heterocycles. The molecule has 0 fully saturated rings. The number of amides is 1. The van der Waals surface area contributed by atoms with Crippen molar-refractivity contribution >= 4 is 28.9 Å². The number of nitrogens with one attached hydrogen (secondary N) is 1. The van der Waals surface area contributed by atoms with Crippen LogP contribution in [0.15, 0.2) is 54.6 Å². The van der Waals surface area contributed by atoms with Gasteiger partial charge in [-0.3, -0.25) is 9.59 Å². The van der Waals surface area contributed by atoms with Crippen LogP contribution in [-0.4, -0.2) is 36.6 Å². The topological polar surface area (TPSA) is 78.9 Å². The number of carboxylic acid groups (broad SMARTS) is 1. The van der Waals surface area contributed by atoms with Crippen LogP contribution in [-0.2, 0) is 28.8 Å². The highest BCUT2D eigenvalue weighted by atomic mass is 32.1. The quantitative estimate of drug-likeness (QED) is 0.453. The number of hydrogen-bond acceptors (Lipinski definition) is 5. The monoisotopic (exact) mass is 504 g/mol. The summed E-state index contributed by atoms with van der Waals surface area (Å²) in [4.78, 5) is 25.1. The van der Waals surface area contributed by atoms with E-state index in [1.54, 1.807) is 53.4 Å². The Balaban J connectivity index is 1.49. The van der Waals surface area contributed by atoms with E-state index in [4.69, 9.17) is 9.84 Å². The molecule has 2 aromatic carbocycles. The van der Waals surface area contributed by atoms with Gasteiger partial charge in [-0.25, -0.2) is 0 Å². The van der Waals surface area contributed by atoms with Crippen molar-refractivity contribution < 1.29 is 32.6 Å². The van der Waals surface area contributed by atoms with Crippen molar-refractivity contribution in [1.29, 1.82) is 0 Å². The lowest BCUT2D eigenvalue weighted by atomic mass is 10.1. The normalized spacial score (nSPS) is 14.0. The molecule has 0 radical (unpaired) electrons. The number of alkyl halides is 3. The standard InChI is InChI=1S/C25H23F3N2O4S/c1-29-20(13-22(31)32)24(33)30-10-9-16-11-17(7-8-21(16)30)34-14-18-12-19(15-5-3-2-4-6-15)23(35-18)25(26,27)28/h2-8,11-12,20,29H,9-10,13-14H2,1H3,(H,31,32). The predicted molar refractivity (Wildman–Crippen MR) is 127 cm³/mol. The lowest BCUT2D eigenvalue weighted by Gasteiger charge is -2.23. The van der Waals surface area contributed by atoms with E-state index in [0.717, 1.165) is 5.56 Å². The summed E-state index contributed by atoms with van der Waals surface area (Å²) in [5, 5.41) is 11.8. The third kappa shape index (κ3) is 5.49. The van der Waals surface area contributed by atoms with Crippen molar-refractivity contribution in [2.75, 3.05) is 18.5 Å². The highest BCUT2D eigenvalue weighted by molar-refractivity contribution is 7.12. The molecule has 35 heavy (non-hydrogen) atoms. The van der Waals surface area contributed by atoms with Gasteiger partial charge in [0.05, 0.1) is 12.5 Å². The number of fused-ring (bicyclic) bond motifs is 1. The van der Waals surface area contributed by atoms with Gasteiger partial charge >= 0.3 is 12.1 Å². The number of carbonyl (C=O) groups excluding carboxylic acids is 1. The van der Waals surface area contributed by atoms with E-state index in [1.807, 2.05) is 0 Å². The molecule has 10 heteroatoms. The van der Waals surface area contributed by atoms with Gasteiger partial charge in [-0.1, -0.05) is 30.3 Å². The molecule has 1 aromatic heterocycles. The number of nitrogens with zero attached hydrogens (tertiary/aromatic N) is 1. The zero-order valence-electron chi connectivity index (χ0n) is 18.8. The molecule has 0 aliphatic carbocycles. The number of benzene rings is 2. The number of carbonyl (C=O) groups is 2. The molecule has 184 valence electrons. The molecule has 1 amide bonds. The fourth-order valence-electron chi connectivity index (χ4n) is 4.08. The number of carboxylic acids is 1. The fourth-order valence-corrected chi connectivity index (χ4v) is 5.04. The van der Waals surface area contributed by atoms with Gasteiger partial charge in [0.25, 0.3) is 0 Å². The number of rotatable bonds is 8. The van der Waals surface area contributed by atoms with E-state index in [2.05, 4.69) is 5.32 Å². The second-order valence-corrected chi connectivity index (χ2v) is 9.21. The van der Waals surface area contributed by atoms with Crippen LogP contribution in [0.25, 0.3) is 11.1 Å². The van der Waals surface area contributed by atoms with Crippen LogP contribution in [0.4, 0.5) is 18.9 Å². The average molecular weight is 505 g/mol. The van der Waals surface area contributed by atoms with Crippen molar-refractivity contribution in [2.24, 2.45) is 0 Å². The van der Waals surface area contributed by atoms with Gasteiger partial charge in [-0.15, -0.1) is 11.3 Å². The smallest absolute Gasteiger partial charge is 0.426 e. The maximum absolute atomic E-state index is 13.6. The molecule has 4 rings (SSSR count). The van der Waals surface area contributed by atoms with Gasteiger partial charge in [-0.05, 0) is 48.9 Å². The second-order valence-electron chi connectivity index (χ2n) is 8.08. The predicted octanol–water partition coefficient (Wildman–Crippen LogP) is 4.96. The summed E-state index contributed by atoms with van der Waals surface area (Å²) in [5.41, 5.74) is 2.15. The molecule has 1 aliphatic rings. The molecular formula is C25H23F3N2O4S. The Morgan fingerprint density at radius 2 is 1.91 bits per heavy atom. The summed E-state index contributed by atoms with van der Waals surface area (Å²) in [5.74, 6) is -0.912. The number of likely N-dealkylation sites (N-methyl/N-ethyl adjacent to an activating group) is 1. The van der Waals surface area contributed by atoms with Crippen LogP contribution in [0.2, 0.25) is 0 Å². The zero-order valence-corrected chi connectivity index (χ0v) is 19.6. The minimum atomic E-state index is -4.47. The minimum absolute atomic E-state index is 0.0253. The van der Waals surface area contributed by atoms with Crippen LogP contribution in [0.3, 0.4) is 0 Å². The van der Waals surface area contributed by atoms with Crippen LogP contribution in [0, 0.1) is 0 Å². The molecule has 0 bridgehead atoms. The van der Waals surface area contributed by atoms with Crippen LogP contribution in [0.1, 0.15) is 21.7 Å².